The summed E-state index contributed by atoms with van der Waals surface area (Å²) >= 11 is 0. The number of benzene rings is 4. The van der Waals surface area contributed by atoms with Crippen LogP contribution in [0.3, 0.4) is 0 Å². The zero-order valence-corrected chi connectivity index (χ0v) is 59.5. The summed E-state index contributed by atoms with van der Waals surface area (Å²) in [6, 6.07) is 40.9. The minimum atomic E-state index is -0.678. The molecule has 4 aromatic rings. The van der Waals surface area contributed by atoms with E-state index in [0.717, 1.165) is 68.9 Å². The fraction of sp³-hybridized carbons (Fsp3) is 0.500. The van der Waals surface area contributed by atoms with Crippen LogP contribution in [0.15, 0.2) is 131 Å². The molecule has 0 aromatic heterocycles. The van der Waals surface area contributed by atoms with Crippen LogP contribution in [0.2, 0.25) is 0 Å². The van der Waals surface area contributed by atoms with Gasteiger partial charge in [-0.05, 0) is 111 Å². The number of amides is 8. The van der Waals surface area contributed by atoms with Crippen LogP contribution in [-0.2, 0) is 64.0 Å². The standard InChI is InChI=1S/C39H59N13O6.C33H52N8O2/c1-30(40)45-24-33(53)47-37(57)28-51-20-18-49(26-35(55)43-14-12-31-8-4-2-5-9-31)16-17-50(27-36(56)44-15-13-32-10-6-3-7-11-32)19-21-52(23-22-51)29-38(58)48-34(54)25-46-39(41)42;1-32(19-15-26-11-5-3-6-12-26,17-9-21-38-28(42)23-40-30(34)35)25-33(2,20-16-27-13-7-4-8-14-27)18-10-22-39-29(43)24-41-31(36)37/h2-11H,12-29H2,1H3,(H2,40,45)(H,43,55)(H,44,56)(H4,41,42,46)(H,47,53,57)(H,48,54,58);3-8,11-14H,9-10,15-25H2,1-2H3,(H,38,42)(H,39,43)(H4,34,35,40)(H4,36,37,41)/p+2/t;32-,33+. The van der Waals surface area contributed by atoms with Gasteiger partial charge in [-0.3, -0.25) is 107 Å². The number of rotatable bonds is 38. The van der Waals surface area contributed by atoms with E-state index in [4.69, 9.17) is 40.1 Å². The molecule has 101 heavy (non-hydrogen) atoms. The number of hydrogen-bond acceptors (Lipinski definition) is 14. The van der Waals surface area contributed by atoms with E-state index in [0.29, 0.717) is 78.3 Å². The van der Waals surface area contributed by atoms with Crippen molar-refractivity contribution in [1.29, 1.82) is 0 Å². The molecule has 1 aliphatic rings. The summed E-state index contributed by atoms with van der Waals surface area (Å²) < 4.78 is 0. The SMILES string of the molecule is CC(N)=NCC(=O)NC(=O)CN1CCN(CC(=O)NCCc2ccccc2)CCN(CC(=O)NCCc2ccccc2)CCN(CC(=O)NC(=O)CN=C(N)N)CC1.C[C@](CCCNC(=O)C[NH+]=C(N)N)(CCc1ccccc1)C[C@](C)(CCCNC(=O)C[NH+]=C(N)N)CCc1ccccc1. The molecule has 29 heteroatoms. The number of carbonyl (C=O) groups is 8. The molecule has 8 amide bonds. The summed E-state index contributed by atoms with van der Waals surface area (Å²) in [4.78, 5) is 122. The Bertz CT molecular complexity index is 3060. The van der Waals surface area contributed by atoms with Crippen LogP contribution in [0.4, 0.5) is 0 Å². The Labute approximate surface area is 595 Å². The third-order valence-electron chi connectivity index (χ3n) is 17.0. The fourth-order valence-electron chi connectivity index (χ4n) is 11.7. The summed E-state index contributed by atoms with van der Waals surface area (Å²) in [6.07, 6.45) is 10.2. The van der Waals surface area contributed by atoms with Gasteiger partial charge in [0.2, 0.25) is 35.4 Å². The minimum absolute atomic E-state index is 0.0356. The Kier molecular flexibility index (Phi) is 39.1. The smallest absolute Gasteiger partial charge is 0.339 e. The van der Waals surface area contributed by atoms with Crippen LogP contribution in [-0.4, -0.2) is 221 Å². The highest BCUT2D eigenvalue weighted by molar-refractivity contribution is 5.98. The van der Waals surface area contributed by atoms with Crippen LogP contribution < -0.4 is 82.0 Å². The molecule has 552 valence electrons. The average molecular weight is 1400 g/mol. The van der Waals surface area contributed by atoms with E-state index >= 15 is 0 Å². The summed E-state index contributed by atoms with van der Waals surface area (Å²) in [5.74, 6) is -3.01. The molecule has 2 atom stereocenters. The first-order valence-corrected chi connectivity index (χ1v) is 34.7. The van der Waals surface area contributed by atoms with Crippen LogP contribution >= 0.6 is 0 Å². The second kappa shape index (κ2) is 47.3. The van der Waals surface area contributed by atoms with Crippen molar-refractivity contribution in [2.24, 2.45) is 61.0 Å². The molecule has 0 aliphatic carbocycles. The molecule has 0 bridgehead atoms. The second-order valence-electron chi connectivity index (χ2n) is 26.2. The number of carbonyl (C=O) groups excluding carboxylic acids is 8. The van der Waals surface area contributed by atoms with E-state index in [1.807, 2.05) is 80.3 Å². The largest absolute Gasteiger partial charge is 0.388 e. The number of aryl methyl sites for hydroxylation is 2. The third-order valence-corrected chi connectivity index (χ3v) is 17.0. The van der Waals surface area contributed by atoms with Gasteiger partial charge in [0.25, 0.3) is 11.8 Å². The van der Waals surface area contributed by atoms with Crippen LogP contribution in [0, 0.1) is 10.8 Å². The molecule has 1 fully saturated rings. The van der Waals surface area contributed by atoms with Gasteiger partial charge in [-0.1, -0.05) is 135 Å². The topological polar surface area (TPSA) is 456 Å². The Morgan fingerprint density at radius 2 is 0.683 bits per heavy atom. The van der Waals surface area contributed by atoms with E-state index in [2.05, 4.69) is 126 Å². The van der Waals surface area contributed by atoms with Gasteiger partial charge in [0, 0.05) is 78.5 Å². The van der Waals surface area contributed by atoms with E-state index in [1.54, 1.807) is 0 Å². The lowest BCUT2D eigenvalue weighted by molar-refractivity contribution is -0.446. The van der Waals surface area contributed by atoms with E-state index in [9.17, 15) is 38.4 Å². The number of amidine groups is 1. The fourth-order valence-corrected chi connectivity index (χ4v) is 11.7. The number of nitrogens with one attached hydrogen (secondary N) is 8. The molecule has 0 radical (unpaired) electrons. The van der Waals surface area contributed by atoms with Gasteiger partial charge in [0.05, 0.1) is 32.0 Å². The van der Waals surface area contributed by atoms with Crippen molar-refractivity contribution in [3.05, 3.63) is 144 Å². The Morgan fingerprint density at radius 1 is 0.386 bits per heavy atom. The van der Waals surface area contributed by atoms with Crippen LogP contribution in [0.25, 0.3) is 0 Å². The second-order valence-corrected chi connectivity index (χ2v) is 26.2. The van der Waals surface area contributed by atoms with Crippen molar-refractivity contribution in [3.63, 3.8) is 0 Å². The third kappa shape index (κ3) is 40.1. The summed E-state index contributed by atoms with van der Waals surface area (Å²) in [5, 5.41) is 16.6. The van der Waals surface area contributed by atoms with Gasteiger partial charge in [0.1, 0.15) is 26.2 Å². The van der Waals surface area contributed by atoms with Gasteiger partial charge in [-0.25, -0.2) is 4.99 Å². The van der Waals surface area contributed by atoms with Gasteiger partial charge < -0.3 is 38.5 Å². The highest BCUT2D eigenvalue weighted by Crippen LogP contribution is 2.46. The summed E-state index contributed by atoms with van der Waals surface area (Å²) in [7, 11) is 0. The number of nitrogens with zero attached hydrogens (tertiary/aromatic N) is 6. The predicted octanol–water partition coefficient (Wildman–Crippen LogP) is -3.98. The van der Waals surface area contributed by atoms with Gasteiger partial charge >= 0.3 is 11.9 Å². The summed E-state index contributed by atoms with van der Waals surface area (Å²) in [5.41, 5.74) is 42.8. The molecule has 1 saturated heterocycles. The van der Waals surface area contributed by atoms with E-state index in [-0.39, 0.29) is 117 Å². The molecule has 1 aliphatic heterocycles. The van der Waals surface area contributed by atoms with Gasteiger partial charge in [-0.2, -0.15) is 0 Å². The molecule has 0 saturated carbocycles. The molecular formula is C72H113N21O8+2. The molecule has 0 spiro atoms. The molecule has 4 aromatic carbocycles. The average Bonchev–Trinajstić information content (AvgIpc) is 0.829. The molecule has 29 nitrogen and oxygen atoms in total. The Hall–Kier alpha value is -9.84. The number of aliphatic imine (C=N–C) groups is 2. The number of imide groups is 2. The zero-order chi connectivity index (χ0) is 73.7. The van der Waals surface area contributed by atoms with Crippen molar-refractivity contribution in [2.45, 2.75) is 91.4 Å². The minimum Gasteiger partial charge on any atom is -0.388 e. The van der Waals surface area contributed by atoms with Crippen molar-refractivity contribution >= 4 is 71.0 Å². The zero-order valence-electron chi connectivity index (χ0n) is 59.5. The van der Waals surface area contributed by atoms with Crippen LogP contribution in [0.1, 0.15) is 88.0 Å². The van der Waals surface area contributed by atoms with Crippen molar-refractivity contribution < 1.29 is 48.3 Å². The van der Waals surface area contributed by atoms with E-state index < -0.39 is 30.2 Å². The predicted molar refractivity (Wildman–Crippen MR) is 394 cm³/mol. The normalized spacial score (nSPS) is 14.5. The summed E-state index contributed by atoms with van der Waals surface area (Å²) in [6.45, 7) is 10.5. The maximum Gasteiger partial charge on any atom is 0.339 e. The molecular weight excluding hydrogens is 1290 g/mol. The van der Waals surface area contributed by atoms with Crippen molar-refractivity contribution in [2.75, 3.05) is 131 Å². The monoisotopic (exact) mass is 1400 g/mol. The van der Waals surface area contributed by atoms with Gasteiger partial charge in [-0.15, -0.1) is 0 Å². The molecule has 1 heterocycles. The Balaban J connectivity index is 0.000000448. The first-order chi connectivity index (χ1) is 48.3. The maximum absolute atomic E-state index is 13.2. The molecule has 22 N–H and O–H groups in total. The number of nitrogens with two attached hydrogens (primary N) is 7. The lowest BCUT2D eigenvalue weighted by atomic mass is 9.65. The van der Waals surface area contributed by atoms with Gasteiger partial charge in [0.15, 0.2) is 5.96 Å². The van der Waals surface area contributed by atoms with E-state index in [1.165, 1.54) is 18.1 Å². The highest BCUT2D eigenvalue weighted by atomic mass is 16.2. The molecule has 0 unspecified atom stereocenters. The highest BCUT2D eigenvalue weighted by Gasteiger charge is 2.35. The molecule has 5 rings (SSSR count). The maximum atomic E-state index is 13.2. The van der Waals surface area contributed by atoms with Crippen molar-refractivity contribution in [1.82, 2.24) is 51.5 Å². The van der Waals surface area contributed by atoms with Crippen molar-refractivity contribution in [3.8, 4) is 0 Å². The first-order valence-electron chi connectivity index (χ1n) is 34.7. The van der Waals surface area contributed by atoms with Crippen LogP contribution in [0.5, 0.6) is 0 Å². The quantitative estimate of drug-likeness (QED) is 0.0116. The first kappa shape index (κ1) is 83.6. The Morgan fingerprint density at radius 3 is 0.990 bits per heavy atom. The lowest BCUT2D eigenvalue weighted by Gasteiger charge is -2.41. The number of hydrogen-bond donors (Lipinski definition) is 15. The number of guanidine groups is 3. The lowest BCUT2D eigenvalue weighted by Crippen LogP contribution is -2.80.